The Bertz CT molecular complexity index is 557. The van der Waals surface area contributed by atoms with Gasteiger partial charge in [0.1, 0.15) is 10.0 Å². The van der Waals surface area contributed by atoms with E-state index < -0.39 is 0 Å². The first kappa shape index (κ1) is 11.7. The van der Waals surface area contributed by atoms with E-state index >= 15 is 0 Å². The van der Waals surface area contributed by atoms with Crippen molar-refractivity contribution < 1.29 is 0 Å². The third-order valence-corrected chi connectivity index (χ3v) is 4.17. The normalized spacial score (nSPS) is 14.8. The Morgan fingerprint density at radius 1 is 1.28 bits per heavy atom. The van der Waals surface area contributed by atoms with Crippen molar-refractivity contribution in [1.82, 2.24) is 9.59 Å². The van der Waals surface area contributed by atoms with E-state index in [1.54, 1.807) is 0 Å². The third kappa shape index (κ3) is 2.04. The van der Waals surface area contributed by atoms with Crippen LogP contribution < -0.4 is 9.80 Å². The monoisotopic (exact) mass is 280 g/mol. The van der Waals surface area contributed by atoms with Crippen LogP contribution in [0.15, 0.2) is 24.3 Å². The molecule has 1 aromatic carbocycles. The number of benzene rings is 1. The molecule has 6 heteroatoms. The summed E-state index contributed by atoms with van der Waals surface area (Å²) in [6.07, 6.45) is 0. The molecule has 0 spiro atoms. The van der Waals surface area contributed by atoms with Crippen molar-refractivity contribution in [3.63, 3.8) is 0 Å². The number of nitrogens with zero attached hydrogens (tertiary/aromatic N) is 4. The van der Waals surface area contributed by atoms with Crippen molar-refractivity contribution in [3.05, 3.63) is 34.3 Å². The Balaban J connectivity index is 1.91. The van der Waals surface area contributed by atoms with Crippen molar-refractivity contribution in [1.29, 1.82) is 0 Å². The molecule has 2 heterocycles. The van der Waals surface area contributed by atoms with E-state index in [2.05, 4.69) is 50.7 Å². The minimum Gasteiger partial charge on any atom is -0.371 e. The molecule has 1 aliphatic heterocycles. The van der Waals surface area contributed by atoms with Crippen LogP contribution >= 0.6 is 23.1 Å². The highest BCUT2D eigenvalue weighted by molar-refractivity contribution is 7.10. The molecule has 0 bridgehead atoms. The van der Waals surface area contributed by atoms with Crippen LogP contribution in [0.1, 0.15) is 5.69 Å². The van der Waals surface area contributed by atoms with Gasteiger partial charge in [-0.05, 0) is 12.1 Å². The number of anilines is 2. The number of hydrogen-bond donors (Lipinski definition) is 0. The Labute approximate surface area is 115 Å². The summed E-state index contributed by atoms with van der Waals surface area (Å²) in [7, 11) is 2.12. The number of aromatic nitrogens is 2. The van der Waals surface area contributed by atoms with Gasteiger partial charge in [0, 0.05) is 31.7 Å². The fourth-order valence-electron chi connectivity index (χ4n) is 2.20. The predicted octanol–water partition coefficient (Wildman–Crippen LogP) is 2.65. The summed E-state index contributed by atoms with van der Waals surface area (Å²) < 4.78 is 4.57. The molecule has 0 saturated carbocycles. The van der Waals surface area contributed by atoms with Gasteiger partial charge in [0.15, 0.2) is 0 Å². The average molecular weight is 281 g/mol. The lowest BCUT2D eigenvalue weighted by Gasteiger charge is -2.36. The van der Waals surface area contributed by atoms with E-state index in [9.17, 15) is 0 Å². The molecule has 0 fully saturated rings. The van der Waals surface area contributed by atoms with Crippen LogP contribution in [0.3, 0.4) is 0 Å². The number of likely N-dealkylation sites (N-methyl/N-ethyl adjacent to an activating group) is 1. The largest absolute Gasteiger partial charge is 0.371 e. The molecule has 0 N–H and O–H groups in total. The summed E-state index contributed by atoms with van der Waals surface area (Å²) in [4.78, 5) is 4.57. The van der Waals surface area contributed by atoms with Crippen LogP contribution in [0.4, 0.5) is 11.4 Å². The van der Waals surface area contributed by atoms with Crippen LogP contribution in [0.25, 0.3) is 0 Å². The summed E-state index contributed by atoms with van der Waals surface area (Å²) in [5.41, 5.74) is 3.35. The maximum Gasteiger partial charge on any atom is 0.139 e. The predicted molar refractivity (Wildman–Crippen MR) is 75.7 cm³/mol. The summed E-state index contributed by atoms with van der Waals surface area (Å²) in [6, 6.07) is 8.41. The number of halogens is 1. The summed E-state index contributed by atoms with van der Waals surface area (Å²) >= 11 is 7.31. The van der Waals surface area contributed by atoms with Gasteiger partial charge < -0.3 is 9.80 Å². The Morgan fingerprint density at radius 2 is 2.06 bits per heavy atom. The van der Waals surface area contributed by atoms with E-state index in [0.29, 0.717) is 4.34 Å². The molecule has 0 amide bonds. The zero-order valence-electron chi connectivity index (χ0n) is 10.0. The topological polar surface area (TPSA) is 32.3 Å². The highest BCUT2D eigenvalue weighted by Crippen LogP contribution is 2.33. The number of fused-ring (bicyclic) bond motifs is 1. The minimum absolute atomic E-state index is 0.686. The number of hydrogen-bond acceptors (Lipinski definition) is 5. The van der Waals surface area contributed by atoms with E-state index in [-0.39, 0.29) is 0 Å². The first-order valence-electron chi connectivity index (χ1n) is 5.77. The quantitative estimate of drug-likeness (QED) is 0.847. The first-order chi connectivity index (χ1) is 8.75. The zero-order chi connectivity index (χ0) is 12.5. The smallest absolute Gasteiger partial charge is 0.139 e. The molecule has 0 aliphatic carbocycles. The Hall–Kier alpha value is -1.33. The molecule has 18 heavy (non-hydrogen) atoms. The average Bonchev–Trinajstić information content (AvgIpc) is 2.79. The highest BCUT2D eigenvalue weighted by Gasteiger charge is 2.21. The second-order valence-electron chi connectivity index (χ2n) is 4.33. The fourth-order valence-corrected chi connectivity index (χ4v) is 2.81. The minimum atomic E-state index is 0.686. The maximum absolute atomic E-state index is 6.07. The maximum atomic E-state index is 6.07. The van der Waals surface area contributed by atoms with Crippen LogP contribution in [-0.4, -0.2) is 29.7 Å². The molecule has 0 saturated heterocycles. The van der Waals surface area contributed by atoms with Crippen LogP contribution in [-0.2, 0) is 6.54 Å². The lowest BCUT2D eigenvalue weighted by Crippen LogP contribution is -2.38. The van der Waals surface area contributed by atoms with Gasteiger partial charge >= 0.3 is 0 Å². The molecule has 4 nitrogen and oxygen atoms in total. The Kier molecular flexibility index (Phi) is 3.09. The first-order valence-corrected chi connectivity index (χ1v) is 6.92. The molecular weight excluding hydrogens is 268 g/mol. The standard InChI is InChI=1S/C12H13ClN4S/c1-16-6-7-17(8-9-12(13)18-15-14-9)11-5-3-2-4-10(11)16/h2-5H,6-8H2,1H3. The van der Waals surface area contributed by atoms with E-state index in [0.717, 1.165) is 25.3 Å². The molecule has 2 aromatic rings. The molecular formula is C12H13ClN4S. The van der Waals surface area contributed by atoms with Gasteiger partial charge in [0.05, 0.1) is 17.9 Å². The zero-order valence-corrected chi connectivity index (χ0v) is 11.6. The summed E-state index contributed by atoms with van der Waals surface area (Å²) in [5, 5.41) is 4.08. The van der Waals surface area contributed by atoms with Crippen molar-refractivity contribution in [2.45, 2.75) is 6.54 Å². The van der Waals surface area contributed by atoms with E-state index in [1.807, 2.05) is 0 Å². The van der Waals surface area contributed by atoms with Crippen molar-refractivity contribution in [2.75, 3.05) is 29.9 Å². The molecule has 1 aliphatic rings. The Morgan fingerprint density at radius 3 is 2.78 bits per heavy atom. The summed E-state index contributed by atoms with van der Waals surface area (Å²) in [5.74, 6) is 0. The van der Waals surface area contributed by atoms with Gasteiger partial charge in [-0.15, -0.1) is 5.10 Å². The molecule has 1 aromatic heterocycles. The van der Waals surface area contributed by atoms with Crippen molar-refractivity contribution in [2.24, 2.45) is 0 Å². The van der Waals surface area contributed by atoms with Gasteiger partial charge in [-0.3, -0.25) is 0 Å². The number of rotatable bonds is 2. The summed E-state index contributed by atoms with van der Waals surface area (Å²) in [6.45, 7) is 2.70. The second-order valence-corrected chi connectivity index (χ2v) is 5.68. The molecule has 94 valence electrons. The lowest BCUT2D eigenvalue weighted by molar-refractivity contribution is 0.723. The van der Waals surface area contributed by atoms with Gasteiger partial charge in [-0.25, -0.2) is 0 Å². The van der Waals surface area contributed by atoms with Gasteiger partial charge in [0.25, 0.3) is 0 Å². The van der Waals surface area contributed by atoms with Gasteiger partial charge in [-0.1, -0.05) is 28.2 Å². The highest BCUT2D eigenvalue weighted by atomic mass is 35.5. The lowest BCUT2D eigenvalue weighted by atomic mass is 10.1. The van der Waals surface area contributed by atoms with Crippen molar-refractivity contribution >= 4 is 34.5 Å². The third-order valence-electron chi connectivity index (χ3n) is 3.19. The van der Waals surface area contributed by atoms with Crippen LogP contribution in [0.5, 0.6) is 0 Å². The molecule has 0 radical (unpaired) electrons. The van der Waals surface area contributed by atoms with E-state index in [1.165, 1.54) is 22.9 Å². The van der Waals surface area contributed by atoms with Gasteiger partial charge in [0.2, 0.25) is 0 Å². The fraction of sp³-hybridized carbons (Fsp3) is 0.333. The van der Waals surface area contributed by atoms with Crippen LogP contribution in [0, 0.1) is 0 Å². The molecule has 0 atom stereocenters. The number of para-hydroxylation sites is 2. The van der Waals surface area contributed by atoms with Crippen LogP contribution in [0.2, 0.25) is 4.34 Å². The van der Waals surface area contributed by atoms with Crippen molar-refractivity contribution in [3.8, 4) is 0 Å². The second kappa shape index (κ2) is 4.74. The SMILES string of the molecule is CN1CCN(Cc2nnsc2Cl)c2ccccc21. The van der Waals surface area contributed by atoms with Gasteiger partial charge in [-0.2, -0.15) is 0 Å². The van der Waals surface area contributed by atoms with E-state index in [4.69, 9.17) is 11.6 Å². The molecule has 0 unspecified atom stereocenters. The molecule has 3 rings (SSSR count).